The Kier molecular flexibility index (Phi) is 3.36. The van der Waals surface area contributed by atoms with Crippen molar-refractivity contribution < 1.29 is 13.2 Å². The van der Waals surface area contributed by atoms with E-state index in [1.165, 1.54) is 0 Å². The molecule has 106 valence electrons. The summed E-state index contributed by atoms with van der Waals surface area (Å²) in [5, 5.41) is 3.06. The van der Waals surface area contributed by atoms with E-state index in [4.69, 9.17) is 5.73 Å². The van der Waals surface area contributed by atoms with E-state index < -0.39 is 11.7 Å². The van der Waals surface area contributed by atoms with Gasteiger partial charge < -0.3 is 11.1 Å². The second-order valence-corrected chi connectivity index (χ2v) is 5.91. The maximum atomic E-state index is 12.7. The predicted octanol–water partition coefficient (Wildman–Crippen LogP) is 3.67. The van der Waals surface area contributed by atoms with Crippen LogP contribution in [0.2, 0.25) is 0 Å². The Bertz CT molecular complexity index is 469. The van der Waals surface area contributed by atoms with E-state index in [1.54, 1.807) is 0 Å². The second kappa shape index (κ2) is 4.58. The van der Waals surface area contributed by atoms with Gasteiger partial charge >= 0.3 is 6.18 Å². The number of nitrogens with two attached hydrogens (primary N) is 1. The number of hydrogen-bond acceptors (Lipinski definition) is 3. The first kappa shape index (κ1) is 14.0. The van der Waals surface area contributed by atoms with Gasteiger partial charge in [0.05, 0.1) is 5.56 Å². The second-order valence-electron chi connectivity index (χ2n) is 5.91. The highest BCUT2D eigenvalue weighted by Crippen LogP contribution is 2.38. The van der Waals surface area contributed by atoms with E-state index in [0.717, 1.165) is 31.4 Å². The Hall–Kier alpha value is -1.46. The maximum Gasteiger partial charge on any atom is 0.416 e. The molecule has 1 unspecified atom stereocenters. The van der Waals surface area contributed by atoms with Crippen LogP contribution in [-0.2, 0) is 6.18 Å². The van der Waals surface area contributed by atoms with Crippen LogP contribution in [0.3, 0.4) is 0 Å². The topological polar surface area (TPSA) is 50.9 Å². The molecule has 0 bridgehead atoms. The average Bonchev–Trinajstić information content (AvgIpc) is 2.55. The molecule has 0 spiro atoms. The number of alkyl halides is 3. The van der Waals surface area contributed by atoms with Gasteiger partial charge in [-0.05, 0) is 36.8 Å². The molecule has 1 fully saturated rings. The lowest BCUT2D eigenvalue weighted by Crippen LogP contribution is -2.19. The van der Waals surface area contributed by atoms with Crippen molar-refractivity contribution >= 4 is 11.6 Å². The van der Waals surface area contributed by atoms with E-state index >= 15 is 0 Å². The third-order valence-electron chi connectivity index (χ3n) is 3.49. The number of anilines is 2. The molecule has 1 heterocycles. The molecule has 3 N–H and O–H groups in total. The molecule has 3 nitrogen and oxygen atoms in total. The van der Waals surface area contributed by atoms with Crippen molar-refractivity contribution in [3.05, 3.63) is 17.7 Å². The van der Waals surface area contributed by atoms with Crippen LogP contribution in [0.5, 0.6) is 0 Å². The molecule has 1 aromatic rings. The molecule has 1 saturated carbocycles. The van der Waals surface area contributed by atoms with Crippen LogP contribution >= 0.6 is 0 Å². The average molecular weight is 273 g/mol. The third-order valence-corrected chi connectivity index (χ3v) is 3.49. The number of aromatic nitrogens is 1. The Morgan fingerprint density at radius 2 is 2.05 bits per heavy atom. The first-order chi connectivity index (χ1) is 8.66. The van der Waals surface area contributed by atoms with E-state index in [9.17, 15) is 13.2 Å². The Morgan fingerprint density at radius 1 is 1.37 bits per heavy atom. The SMILES string of the molecule is CC1(C)CCC(Nc2cc(C(F)(F)F)cc(N)n2)C1. The summed E-state index contributed by atoms with van der Waals surface area (Å²) in [4.78, 5) is 3.93. The summed E-state index contributed by atoms with van der Waals surface area (Å²) in [5.41, 5.74) is 4.90. The predicted molar refractivity (Wildman–Crippen MR) is 68.7 cm³/mol. The standard InChI is InChI=1S/C13H18F3N3/c1-12(2)4-3-9(7-12)18-11-6-8(13(14,15)16)5-10(17)19-11/h5-6,9H,3-4,7H2,1-2H3,(H3,17,18,19). The highest BCUT2D eigenvalue weighted by atomic mass is 19.4. The van der Waals surface area contributed by atoms with Crippen LogP contribution in [0, 0.1) is 5.41 Å². The van der Waals surface area contributed by atoms with E-state index in [1.807, 2.05) is 0 Å². The highest BCUT2D eigenvalue weighted by molar-refractivity contribution is 5.48. The summed E-state index contributed by atoms with van der Waals surface area (Å²) in [5.74, 6) is 0.0876. The lowest BCUT2D eigenvalue weighted by molar-refractivity contribution is -0.137. The number of halogens is 3. The lowest BCUT2D eigenvalue weighted by Gasteiger charge is -2.19. The molecule has 1 aliphatic carbocycles. The van der Waals surface area contributed by atoms with Crippen LogP contribution in [-0.4, -0.2) is 11.0 Å². The lowest BCUT2D eigenvalue weighted by atomic mass is 9.92. The first-order valence-corrected chi connectivity index (χ1v) is 6.27. The molecule has 1 aromatic heterocycles. The van der Waals surface area contributed by atoms with Crippen LogP contribution in [0.1, 0.15) is 38.7 Å². The molecule has 19 heavy (non-hydrogen) atoms. The summed E-state index contributed by atoms with van der Waals surface area (Å²) in [6.07, 6.45) is -1.49. The Labute approximate surface area is 110 Å². The highest BCUT2D eigenvalue weighted by Gasteiger charge is 2.33. The summed E-state index contributed by atoms with van der Waals surface area (Å²) in [7, 11) is 0. The van der Waals surface area contributed by atoms with Gasteiger partial charge in [0.2, 0.25) is 0 Å². The summed E-state index contributed by atoms with van der Waals surface area (Å²) in [6, 6.07) is 2.02. The van der Waals surface area contributed by atoms with Gasteiger partial charge in [0.15, 0.2) is 0 Å². The number of nitrogen functional groups attached to an aromatic ring is 1. The van der Waals surface area contributed by atoms with Gasteiger partial charge in [0.1, 0.15) is 11.6 Å². The van der Waals surface area contributed by atoms with E-state index in [0.29, 0.717) is 0 Å². The van der Waals surface area contributed by atoms with Crippen LogP contribution < -0.4 is 11.1 Å². The van der Waals surface area contributed by atoms with Crippen molar-refractivity contribution in [2.24, 2.45) is 5.41 Å². The monoisotopic (exact) mass is 273 g/mol. The molecule has 0 amide bonds. The minimum Gasteiger partial charge on any atom is -0.384 e. The third kappa shape index (κ3) is 3.52. The van der Waals surface area contributed by atoms with Gasteiger partial charge in [-0.3, -0.25) is 0 Å². The molecule has 0 aromatic carbocycles. The quantitative estimate of drug-likeness (QED) is 0.864. The maximum absolute atomic E-state index is 12.7. The zero-order valence-electron chi connectivity index (χ0n) is 11.0. The molecule has 0 radical (unpaired) electrons. The van der Waals surface area contributed by atoms with Crippen molar-refractivity contribution in [2.75, 3.05) is 11.1 Å². The molecule has 0 saturated heterocycles. The smallest absolute Gasteiger partial charge is 0.384 e. The van der Waals surface area contributed by atoms with Crippen LogP contribution in [0.15, 0.2) is 12.1 Å². The molecular weight excluding hydrogens is 255 g/mol. The Morgan fingerprint density at radius 3 is 2.58 bits per heavy atom. The number of hydrogen-bond donors (Lipinski definition) is 2. The molecule has 6 heteroatoms. The van der Waals surface area contributed by atoms with Crippen molar-refractivity contribution in [1.29, 1.82) is 0 Å². The number of pyridine rings is 1. The van der Waals surface area contributed by atoms with Crippen molar-refractivity contribution in [3.8, 4) is 0 Å². The summed E-state index contributed by atoms with van der Waals surface area (Å²) >= 11 is 0. The summed E-state index contributed by atoms with van der Waals surface area (Å²) in [6.45, 7) is 4.31. The van der Waals surface area contributed by atoms with Crippen molar-refractivity contribution in [3.63, 3.8) is 0 Å². The van der Waals surface area contributed by atoms with Crippen molar-refractivity contribution in [2.45, 2.75) is 45.3 Å². The number of rotatable bonds is 2. The van der Waals surface area contributed by atoms with Crippen LogP contribution in [0.4, 0.5) is 24.8 Å². The molecule has 2 rings (SSSR count). The fraction of sp³-hybridized carbons (Fsp3) is 0.615. The minimum atomic E-state index is -4.40. The van der Waals surface area contributed by atoms with Crippen molar-refractivity contribution in [1.82, 2.24) is 4.98 Å². The van der Waals surface area contributed by atoms with E-state index in [-0.39, 0.29) is 23.1 Å². The largest absolute Gasteiger partial charge is 0.416 e. The number of nitrogens with zero attached hydrogens (tertiary/aromatic N) is 1. The Balaban J connectivity index is 2.15. The van der Waals surface area contributed by atoms with Crippen LogP contribution in [0.25, 0.3) is 0 Å². The zero-order valence-corrected chi connectivity index (χ0v) is 11.0. The fourth-order valence-corrected chi connectivity index (χ4v) is 2.56. The van der Waals surface area contributed by atoms with Gasteiger partial charge in [-0.2, -0.15) is 13.2 Å². The molecule has 1 aliphatic rings. The molecular formula is C13H18F3N3. The van der Waals surface area contributed by atoms with E-state index in [2.05, 4.69) is 24.1 Å². The molecule has 1 atom stereocenters. The minimum absolute atomic E-state index is 0.116. The van der Waals surface area contributed by atoms with Gasteiger partial charge in [-0.1, -0.05) is 13.8 Å². The van der Waals surface area contributed by atoms with Gasteiger partial charge in [-0.25, -0.2) is 4.98 Å². The zero-order chi connectivity index (χ0) is 14.3. The van der Waals surface area contributed by atoms with Gasteiger partial charge in [0, 0.05) is 6.04 Å². The van der Waals surface area contributed by atoms with Gasteiger partial charge in [-0.15, -0.1) is 0 Å². The first-order valence-electron chi connectivity index (χ1n) is 6.27. The molecule has 0 aliphatic heterocycles. The summed E-state index contributed by atoms with van der Waals surface area (Å²) < 4.78 is 38.0. The fourth-order valence-electron chi connectivity index (χ4n) is 2.56. The normalized spacial score (nSPS) is 22.5. The van der Waals surface area contributed by atoms with Gasteiger partial charge in [0.25, 0.3) is 0 Å². The number of nitrogens with one attached hydrogen (secondary N) is 1.